The highest BCUT2D eigenvalue weighted by Gasteiger charge is 2.18. The number of hydrogen-bond acceptors (Lipinski definition) is 4. The monoisotopic (exact) mass is 192 g/mol. The fraction of sp³-hybridized carbons (Fsp3) is 0.600. The minimum atomic E-state index is 0.850. The van der Waals surface area contributed by atoms with Gasteiger partial charge in [-0.25, -0.2) is 9.97 Å². The second-order valence-corrected chi connectivity index (χ2v) is 3.78. The number of aromatic nitrogens is 2. The molecule has 0 aliphatic carbocycles. The zero-order valence-electron chi connectivity index (χ0n) is 8.96. The van der Waals surface area contributed by atoms with Crippen LogP contribution in [0.4, 0.5) is 5.82 Å². The molecule has 0 saturated carbocycles. The summed E-state index contributed by atoms with van der Waals surface area (Å²) < 4.78 is 0. The fourth-order valence-corrected chi connectivity index (χ4v) is 1.89. The summed E-state index contributed by atoms with van der Waals surface area (Å²) in [6.07, 6.45) is 1.04. The quantitative estimate of drug-likeness (QED) is 0.715. The van der Waals surface area contributed by atoms with Crippen molar-refractivity contribution in [2.24, 2.45) is 0 Å². The Hall–Kier alpha value is -1.16. The lowest BCUT2D eigenvalue weighted by molar-refractivity contribution is 0.307. The van der Waals surface area contributed by atoms with Crippen LogP contribution in [0.5, 0.6) is 0 Å². The minimum absolute atomic E-state index is 0.850. The Balaban J connectivity index is 2.46. The van der Waals surface area contributed by atoms with Crippen LogP contribution in [0.15, 0.2) is 0 Å². The smallest absolute Gasteiger partial charge is 0.133 e. The predicted molar refractivity (Wildman–Crippen MR) is 56.4 cm³/mol. The molecule has 4 heteroatoms. The van der Waals surface area contributed by atoms with Gasteiger partial charge in [-0.15, -0.1) is 0 Å². The first-order chi connectivity index (χ1) is 6.70. The van der Waals surface area contributed by atoms with Crippen LogP contribution in [-0.4, -0.2) is 35.5 Å². The second-order valence-electron chi connectivity index (χ2n) is 3.78. The molecule has 76 valence electrons. The molecule has 1 N–H and O–H groups in total. The molecule has 0 bridgehead atoms. The highest BCUT2D eigenvalue weighted by Crippen LogP contribution is 2.22. The van der Waals surface area contributed by atoms with E-state index in [4.69, 9.17) is 0 Å². The van der Waals surface area contributed by atoms with E-state index in [1.165, 1.54) is 11.3 Å². The molecule has 0 atom stereocenters. The van der Waals surface area contributed by atoms with Crippen LogP contribution in [0.25, 0.3) is 0 Å². The molecule has 0 spiro atoms. The van der Waals surface area contributed by atoms with Gasteiger partial charge >= 0.3 is 0 Å². The van der Waals surface area contributed by atoms with Gasteiger partial charge in [0.15, 0.2) is 0 Å². The molecule has 1 aromatic heterocycles. The maximum absolute atomic E-state index is 4.48. The maximum atomic E-state index is 4.48. The van der Waals surface area contributed by atoms with Gasteiger partial charge in [-0.05, 0) is 20.4 Å². The number of nitrogens with zero attached hydrogens (tertiary/aromatic N) is 3. The number of anilines is 1. The molecule has 1 aliphatic rings. The summed E-state index contributed by atoms with van der Waals surface area (Å²) in [4.78, 5) is 11.2. The van der Waals surface area contributed by atoms with E-state index in [0.29, 0.717) is 0 Å². The van der Waals surface area contributed by atoms with Crippen molar-refractivity contribution in [2.45, 2.75) is 19.9 Å². The van der Waals surface area contributed by atoms with Crippen molar-refractivity contribution in [1.29, 1.82) is 0 Å². The van der Waals surface area contributed by atoms with Gasteiger partial charge in [0.25, 0.3) is 0 Å². The van der Waals surface area contributed by atoms with Gasteiger partial charge in [-0.3, -0.25) is 0 Å². The summed E-state index contributed by atoms with van der Waals surface area (Å²) in [6, 6.07) is 0. The Morgan fingerprint density at radius 3 is 2.86 bits per heavy atom. The molecule has 0 fully saturated rings. The molecule has 0 aromatic carbocycles. The average molecular weight is 192 g/mol. The maximum Gasteiger partial charge on any atom is 0.133 e. The van der Waals surface area contributed by atoms with Crippen molar-refractivity contribution in [3.8, 4) is 0 Å². The molecule has 14 heavy (non-hydrogen) atoms. The van der Waals surface area contributed by atoms with Crippen molar-refractivity contribution in [3.63, 3.8) is 0 Å². The van der Waals surface area contributed by atoms with Gasteiger partial charge in [0, 0.05) is 25.7 Å². The van der Waals surface area contributed by atoms with Crippen molar-refractivity contribution in [2.75, 3.05) is 26.0 Å². The van der Waals surface area contributed by atoms with Crippen LogP contribution < -0.4 is 5.32 Å². The van der Waals surface area contributed by atoms with E-state index in [-0.39, 0.29) is 0 Å². The topological polar surface area (TPSA) is 41.1 Å². The first-order valence-corrected chi connectivity index (χ1v) is 4.93. The lowest BCUT2D eigenvalue weighted by Crippen LogP contribution is -2.28. The standard InChI is InChI=1S/C10H16N4/c1-7-12-9-6-14(3)5-4-8(9)10(11-2)13-7/h4-6H2,1-3H3,(H,11,12,13). The fourth-order valence-electron chi connectivity index (χ4n) is 1.89. The average Bonchev–Trinajstić information content (AvgIpc) is 2.15. The van der Waals surface area contributed by atoms with E-state index >= 15 is 0 Å². The summed E-state index contributed by atoms with van der Waals surface area (Å²) in [5, 5.41) is 3.14. The van der Waals surface area contributed by atoms with E-state index in [1.807, 2.05) is 14.0 Å². The molecular formula is C10H16N4. The van der Waals surface area contributed by atoms with Crippen molar-refractivity contribution in [1.82, 2.24) is 14.9 Å². The Morgan fingerprint density at radius 1 is 1.36 bits per heavy atom. The summed E-state index contributed by atoms with van der Waals surface area (Å²) in [5.74, 6) is 1.85. The Morgan fingerprint density at radius 2 is 2.14 bits per heavy atom. The van der Waals surface area contributed by atoms with Gasteiger partial charge < -0.3 is 10.2 Å². The number of hydrogen-bond donors (Lipinski definition) is 1. The Bertz CT molecular complexity index is 348. The van der Waals surface area contributed by atoms with Crippen molar-refractivity contribution < 1.29 is 0 Å². The van der Waals surface area contributed by atoms with E-state index in [2.05, 4.69) is 27.2 Å². The first-order valence-electron chi connectivity index (χ1n) is 4.93. The highest BCUT2D eigenvalue weighted by atomic mass is 15.1. The number of rotatable bonds is 1. The molecule has 0 saturated heterocycles. The predicted octanol–water partition coefficient (Wildman–Crippen LogP) is 0.815. The summed E-state index contributed by atoms with van der Waals surface area (Å²) >= 11 is 0. The molecule has 4 nitrogen and oxygen atoms in total. The van der Waals surface area contributed by atoms with Crippen LogP contribution in [0.1, 0.15) is 17.1 Å². The summed E-state index contributed by atoms with van der Waals surface area (Å²) in [7, 11) is 4.04. The summed E-state index contributed by atoms with van der Waals surface area (Å²) in [5.41, 5.74) is 2.46. The third-order valence-corrected chi connectivity index (χ3v) is 2.60. The number of likely N-dealkylation sites (N-methyl/N-ethyl adjacent to an activating group) is 1. The van der Waals surface area contributed by atoms with E-state index in [9.17, 15) is 0 Å². The lowest BCUT2D eigenvalue weighted by atomic mass is 10.1. The van der Waals surface area contributed by atoms with Gasteiger partial charge in [0.05, 0.1) is 5.69 Å². The van der Waals surface area contributed by atoms with Crippen LogP contribution in [0.3, 0.4) is 0 Å². The number of aryl methyl sites for hydroxylation is 1. The van der Waals surface area contributed by atoms with Crippen molar-refractivity contribution in [3.05, 3.63) is 17.1 Å². The molecule has 1 aliphatic heterocycles. The SMILES string of the molecule is CNc1nc(C)nc2c1CCN(C)C2. The van der Waals surface area contributed by atoms with Crippen LogP contribution in [0, 0.1) is 6.92 Å². The van der Waals surface area contributed by atoms with E-state index in [1.54, 1.807) is 0 Å². The van der Waals surface area contributed by atoms with Crippen molar-refractivity contribution >= 4 is 5.82 Å². The minimum Gasteiger partial charge on any atom is -0.373 e. The highest BCUT2D eigenvalue weighted by molar-refractivity contribution is 5.47. The molecule has 2 heterocycles. The Labute approximate surface area is 84.4 Å². The van der Waals surface area contributed by atoms with Crippen LogP contribution in [-0.2, 0) is 13.0 Å². The van der Waals surface area contributed by atoms with Gasteiger partial charge in [-0.1, -0.05) is 0 Å². The number of nitrogens with one attached hydrogen (secondary N) is 1. The van der Waals surface area contributed by atoms with Gasteiger partial charge in [0.1, 0.15) is 11.6 Å². The third kappa shape index (κ3) is 1.57. The largest absolute Gasteiger partial charge is 0.373 e. The second kappa shape index (κ2) is 3.53. The first kappa shape index (κ1) is 9.40. The molecule has 0 unspecified atom stereocenters. The lowest BCUT2D eigenvalue weighted by Gasteiger charge is -2.25. The molecular weight excluding hydrogens is 176 g/mol. The van der Waals surface area contributed by atoms with E-state index in [0.717, 1.165) is 31.2 Å². The van der Waals surface area contributed by atoms with Crippen LogP contribution in [0.2, 0.25) is 0 Å². The molecule has 1 aromatic rings. The van der Waals surface area contributed by atoms with E-state index < -0.39 is 0 Å². The van der Waals surface area contributed by atoms with Crippen LogP contribution >= 0.6 is 0 Å². The third-order valence-electron chi connectivity index (χ3n) is 2.60. The van der Waals surface area contributed by atoms with Gasteiger partial charge in [-0.2, -0.15) is 0 Å². The molecule has 0 amide bonds. The summed E-state index contributed by atoms with van der Waals surface area (Å²) in [6.45, 7) is 3.97. The molecule has 0 radical (unpaired) electrons. The molecule has 2 rings (SSSR count). The zero-order chi connectivity index (χ0) is 10.1. The zero-order valence-corrected chi connectivity index (χ0v) is 8.96. The normalized spacial score (nSPS) is 16.5. The number of fused-ring (bicyclic) bond motifs is 1. The Kier molecular flexibility index (Phi) is 2.37. The van der Waals surface area contributed by atoms with Gasteiger partial charge in [0.2, 0.25) is 0 Å².